The third kappa shape index (κ3) is 4.65. The van der Waals surface area contributed by atoms with Crippen LogP contribution >= 0.6 is 11.8 Å². The van der Waals surface area contributed by atoms with E-state index in [1.807, 2.05) is 43.3 Å². The molecule has 3 rings (SSSR count). The van der Waals surface area contributed by atoms with Crippen molar-refractivity contribution in [3.05, 3.63) is 64.1 Å². The van der Waals surface area contributed by atoms with E-state index in [9.17, 15) is 9.59 Å². The minimum atomic E-state index is -0.101. The summed E-state index contributed by atoms with van der Waals surface area (Å²) < 4.78 is 0. The van der Waals surface area contributed by atoms with Crippen LogP contribution in [0.3, 0.4) is 0 Å². The van der Waals surface area contributed by atoms with Gasteiger partial charge in [-0.1, -0.05) is 55.4 Å². The van der Waals surface area contributed by atoms with Crippen molar-refractivity contribution in [2.75, 3.05) is 18.5 Å². The predicted molar refractivity (Wildman–Crippen MR) is 117 cm³/mol. The number of carbonyl (C=O) groups is 2. The topological polar surface area (TPSA) is 49.4 Å². The molecule has 28 heavy (non-hydrogen) atoms. The van der Waals surface area contributed by atoms with Gasteiger partial charge in [0.05, 0.1) is 10.6 Å². The fraction of sp³-hybridized carbons (Fsp3) is 0.304. The number of carbonyl (C=O) groups excluding carboxylic acids is 2. The molecule has 0 unspecified atom stereocenters. The quantitative estimate of drug-likeness (QED) is 0.735. The SMILES string of the molecule is Cc1cccc(/C=C2\Sc3ccc(C(=O)NCCC(C)C)cc3N(C)C2=O)c1. The van der Waals surface area contributed by atoms with Gasteiger partial charge in [0.25, 0.3) is 11.8 Å². The molecule has 0 aromatic heterocycles. The standard InChI is InChI=1S/C23H26N2O2S/c1-15(2)10-11-24-22(26)18-8-9-20-19(14-18)25(4)23(27)21(28-20)13-17-7-5-6-16(3)12-17/h5-9,12-15H,10-11H2,1-4H3,(H,24,26)/b21-13-. The van der Waals surface area contributed by atoms with Gasteiger partial charge >= 0.3 is 0 Å². The number of fused-ring (bicyclic) bond motifs is 1. The van der Waals surface area contributed by atoms with E-state index >= 15 is 0 Å². The molecule has 1 aliphatic heterocycles. The highest BCUT2D eigenvalue weighted by atomic mass is 32.2. The molecule has 1 aliphatic rings. The predicted octanol–water partition coefficient (Wildman–Crippen LogP) is 4.88. The number of nitrogens with one attached hydrogen (secondary N) is 1. The summed E-state index contributed by atoms with van der Waals surface area (Å²) in [6, 6.07) is 13.6. The first-order valence-corrected chi connectivity index (χ1v) is 10.3. The molecular weight excluding hydrogens is 368 g/mol. The van der Waals surface area contributed by atoms with Crippen LogP contribution in [0.1, 0.15) is 41.8 Å². The van der Waals surface area contributed by atoms with Crippen LogP contribution in [0.5, 0.6) is 0 Å². The van der Waals surface area contributed by atoms with Gasteiger partial charge in [0.15, 0.2) is 0 Å². The van der Waals surface area contributed by atoms with Crippen LogP contribution < -0.4 is 10.2 Å². The van der Waals surface area contributed by atoms with E-state index in [-0.39, 0.29) is 11.8 Å². The zero-order valence-corrected chi connectivity index (χ0v) is 17.6. The highest BCUT2D eigenvalue weighted by Crippen LogP contribution is 2.42. The molecule has 146 valence electrons. The molecule has 0 atom stereocenters. The minimum absolute atomic E-state index is 0.0589. The number of hydrogen-bond donors (Lipinski definition) is 1. The number of hydrogen-bond acceptors (Lipinski definition) is 3. The Morgan fingerprint density at radius 1 is 1.21 bits per heavy atom. The lowest BCUT2D eigenvalue weighted by molar-refractivity contribution is -0.114. The van der Waals surface area contributed by atoms with Crippen LogP contribution in [0.25, 0.3) is 6.08 Å². The number of benzene rings is 2. The van der Waals surface area contributed by atoms with Crippen molar-refractivity contribution in [1.82, 2.24) is 5.32 Å². The lowest BCUT2D eigenvalue weighted by Gasteiger charge is -2.27. The monoisotopic (exact) mass is 394 g/mol. The van der Waals surface area contributed by atoms with Crippen LogP contribution in [-0.4, -0.2) is 25.4 Å². The largest absolute Gasteiger partial charge is 0.352 e. The molecule has 0 aliphatic carbocycles. The van der Waals surface area contributed by atoms with Crippen molar-refractivity contribution < 1.29 is 9.59 Å². The number of nitrogens with zero attached hydrogens (tertiary/aromatic N) is 1. The molecule has 1 N–H and O–H groups in total. The van der Waals surface area contributed by atoms with Crippen molar-refractivity contribution >= 4 is 35.3 Å². The van der Waals surface area contributed by atoms with E-state index in [2.05, 4.69) is 25.2 Å². The molecule has 0 saturated heterocycles. The number of likely N-dealkylation sites (N-methyl/N-ethyl adjacent to an activating group) is 1. The van der Waals surface area contributed by atoms with Crippen LogP contribution in [0.2, 0.25) is 0 Å². The Morgan fingerprint density at radius 3 is 2.71 bits per heavy atom. The van der Waals surface area contributed by atoms with Crippen LogP contribution in [0, 0.1) is 12.8 Å². The number of amides is 2. The Kier molecular flexibility index (Phi) is 6.25. The zero-order chi connectivity index (χ0) is 20.3. The molecule has 5 heteroatoms. The van der Waals surface area contributed by atoms with E-state index in [0.29, 0.717) is 22.9 Å². The van der Waals surface area contributed by atoms with Gasteiger partial charge in [-0.25, -0.2) is 0 Å². The first-order chi connectivity index (χ1) is 13.3. The van der Waals surface area contributed by atoms with Crippen molar-refractivity contribution in [1.29, 1.82) is 0 Å². The summed E-state index contributed by atoms with van der Waals surface area (Å²) in [4.78, 5) is 28.5. The third-order valence-corrected chi connectivity index (χ3v) is 5.74. The van der Waals surface area contributed by atoms with E-state index in [4.69, 9.17) is 0 Å². The van der Waals surface area contributed by atoms with Gasteiger partial charge in [-0.05, 0) is 49.1 Å². The molecular formula is C23H26N2O2S. The van der Waals surface area contributed by atoms with Crippen LogP contribution in [-0.2, 0) is 4.79 Å². The Morgan fingerprint density at radius 2 is 2.00 bits per heavy atom. The maximum Gasteiger partial charge on any atom is 0.264 e. The second kappa shape index (κ2) is 8.65. The van der Waals surface area contributed by atoms with Gasteiger partial charge in [-0.2, -0.15) is 0 Å². The first kappa shape index (κ1) is 20.2. The van der Waals surface area contributed by atoms with Gasteiger partial charge in [-0.3, -0.25) is 9.59 Å². The highest BCUT2D eigenvalue weighted by molar-refractivity contribution is 8.04. The van der Waals surface area contributed by atoms with Crippen molar-refractivity contribution in [2.45, 2.75) is 32.1 Å². The Balaban J connectivity index is 1.82. The molecule has 0 fully saturated rings. The zero-order valence-electron chi connectivity index (χ0n) is 16.8. The molecule has 0 radical (unpaired) electrons. The Hall–Kier alpha value is -2.53. The maximum absolute atomic E-state index is 12.8. The molecule has 2 amide bonds. The second-order valence-corrected chi connectivity index (χ2v) is 8.59. The summed E-state index contributed by atoms with van der Waals surface area (Å²) in [7, 11) is 1.76. The molecule has 2 aromatic rings. The summed E-state index contributed by atoms with van der Waals surface area (Å²) in [6.45, 7) is 6.95. The van der Waals surface area contributed by atoms with Crippen molar-refractivity contribution in [2.24, 2.45) is 5.92 Å². The first-order valence-electron chi connectivity index (χ1n) is 9.51. The van der Waals surface area contributed by atoms with Crippen molar-refractivity contribution in [3.8, 4) is 0 Å². The summed E-state index contributed by atoms with van der Waals surface area (Å²) >= 11 is 1.45. The van der Waals surface area contributed by atoms with Gasteiger partial charge in [-0.15, -0.1) is 0 Å². The summed E-state index contributed by atoms with van der Waals surface area (Å²) in [5.41, 5.74) is 3.51. The molecule has 0 spiro atoms. The van der Waals surface area contributed by atoms with Gasteiger partial charge < -0.3 is 10.2 Å². The summed E-state index contributed by atoms with van der Waals surface area (Å²) in [5.74, 6) is 0.384. The highest BCUT2D eigenvalue weighted by Gasteiger charge is 2.27. The van der Waals surface area contributed by atoms with Gasteiger partial charge in [0.2, 0.25) is 0 Å². The lowest BCUT2D eigenvalue weighted by atomic mass is 10.1. The van der Waals surface area contributed by atoms with Crippen LogP contribution in [0.15, 0.2) is 52.3 Å². The third-order valence-electron chi connectivity index (χ3n) is 4.66. The molecule has 2 aromatic carbocycles. The van der Waals surface area contributed by atoms with Crippen LogP contribution in [0.4, 0.5) is 5.69 Å². The molecule has 4 nitrogen and oxygen atoms in total. The summed E-state index contributed by atoms with van der Waals surface area (Å²) in [5, 5.41) is 2.95. The summed E-state index contributed by atoms with van der Waals surface area (Å²) in [6.07, 6.45) is 2.87. The second-order valence-electron chi connectivity index (χ2n) is 7.51. The number of rotatable bonds is 5. The van der Waals surface area contributed by atoms with Gasteiger partial charge in [0.1, 0.15) is 0 Å². The molecule has 1 heterocycles. The minimum Gasteiger partial charge on any atom is -0.352 e. The lowest BCUT2D eigenvalue weighted by Crippen LogP contribution is -2.31. The molecule has 0 saturated carbocycles. The van der Waals surface area contributed by atoms with E-state index in [1.54, 1.807) is 18.0 Å². The Bertz CT molecular complexity index is 934. The van der Waals surface area contributed by atoms with Crippen molar-refractivity contribution in [3.63, 3.8) is 0 Å². The Labute approximate surface area is 171 Å². The smallest absolute Gasteiger partial charge is 0.264 e. The average Bonchev–Trinajstić information content (AvgIpc) is 2.65. The number of thioether (sulfide) groups is 1. The fourth-order valence-corrected chi connectivity index (χ4v) is 4.12. The normalized spacial score (nSPS) is 15.1. The number of aryl methyl sites for hydroxylation is 1. The molecule has 0 bridgehead atoms. The maximum atomic E-state index is 12.8. The van der Waals surface area contributed by atoms with E-state index in [1.165, 1.54) is 11.8 Å². The number of anilines is 1. The van der Waals surface area contributed by atoms with E-state index in [0.717, 1.165) is 28.1 Å². The van der Waals surface area contributed by atoms with Gasteiger partial charge in [0, 0.05) is 24.1 Å². The van der Waals surface area contributed by atoms with E-state index < -0.39 is 0 Å². The fourth-order valence-electron chi connectivity index (χ4n) is 3.02. The average molecular weight is 395 g/mol.